The van der Waals surface area contributed by atoms with Crippen LogP contribution in [0.25, 0.3) is 5.95 Å². The van der Waals surface area contributed by atoms with Crippen molar-refractivity contribution in [1.29, 1.82) is 0 Å². The van der Waals surface area contributed by atoms with Gasteiger partial charge >= 0.3 is 5.95 Å². The third-order valence-corrected chi connectivity index (χ3v) is 2.64. The molecule has 2 N–H and O–H groups in total. The summed E-state index contributed by atoms with van der Waals surface area (Å²) in [5, 5.41) is 10.4. The molecular weight excluding hydrogens is 228 g/mol. The second-order valence-electron chi connectivity index (χ2n) is 6.56. The molecule has 0 amide bonds. The maximum Gasteiger partial charge on any atom is 0.427 e. The summed E-state index contributed by atoms with van der Waals surface area (Å²) >= 11 is 0. The Morgan fingerprint density at radius 2 is 1.61 bits per heavy atom. The first-order chi connectivity index (χ1) is 8.18. The lowest BCUT2D eigenvalue weighted by atomic mass is 9.96. The minimum atomic E-state index is -0.0430. The molecule has 0 fully saturated rings. The molecular formula is C12H21N6+. The molecule has 0 bridgehead atoms. The van der Waals surface area contributed by atoms with Gasteiger partial charge in [-0.25, -0.2) is 10.2 Å². The molecule has 0 radical (unpaired) electrons. The summed E-state index contributed by atoms with van der Waals surface area (Å²) in [6, 6.07) is 0. The van der Waals surface area contributed by atoms with Crippen molar-refractivity contribution in [3.8, 4) is 5.95 Å². The Morgan fingerprint density at radius 3 is 2.06 bits per heavy atom. The van der Waals surface area contributed by atoms with E-state index in [0.29, 0.717) is 5.95 Å². The number of aromatic amines is 2. The number of hydrogen-bond donors (Lipinski definition) is 2. The summed E-state index contributed by atoms with van der Waals surface area (Å²) in [4.78, 5) is 8.82. The van der Waals surface area contributed by atoms with Crippen LogP contribution in [0.1, 0.15) is 53.2 Å². The van der Waals surface area contributed by atoms with Gasteiger partial charge in [-0.2, -0.15) is 0 Å². The third kappa shape index (κ3) is 2.42. The van der Waals surface area contributed by atoms with E-state index >= 15 is 0 Å². The predicted octanol–water partition coefficient (Wildman–Crippen LogP) is 1.40. The highest BCUT2D eigenvalue weighted by Crippen LogP contribution is 2.18. The average Bonchev–Trinajstić information content (AvgIpc) is 2.84. The van der Waals surface area contributed by atoms with Crippen LogP contribution < -0.4 is 4.68 Å². The largest absolute Gasteiger partial charge is 0.427 e. The molecule has 18 heavy (non-hydrogen) atoms. The normalized spacial score (nSPS) is 13.0. The van der Waals surface area contributed by atoms with Gasteiger partial charge in [0.05, 0.1) is 0 Å². The Hall–Kier alpha value is -1.72. The fourth-order valence-corrected chi connectivity index (χ4v) is 1.45. The van der Waals surface area contributed by atoms with Crippen LogP contribution in [0.4, 0.5) is 0 Å². The van der Waals surface area contributed by atoms with Crippen molar-refractivity contribution in [3.05, 3.63) is 18.0 Å². The first-order valence-electron chi connectivity index (χ1n) is 6.08. The molecule has 6 nitrogen and oxygen atoms in total. The van der Waals surface area contributed by atoms with E-state index in [-0.39, 0.29) is 10.8 Å². The molecule has 0 aliphatic carbocycles. The lowest BCUT2D eigenvalue weighted by Gasteiger charge is -2.10. The third-order valence-electron chi connectivity index (χ3n) is 2.64. The molecule has 0 aliphatic rings. The topological polar surface area (TPSA) is 74.1 Å². The highest BCUT2D eigenvalue weighted by Gasteiger charge is 2.26. The molecule has 6 heteroatoms. The van der Waals surface area contributed by atoms with Gasteiger partial charge in [0, 0.05) is 10.8 Å². The highest BCUT2D eigenvalue weighted by atomic mass is 15.4. The second-order valence-corrected chi connectivity index (χ2v) is 6.56. The van der Waals surface area contributed by atoms with Gasteiger partial charge in [-0.3, -0.25) is 0 Å². The van der Waals surface area contributed by atoms with E-state index in [2.05, 4.69) is 66.8 Å². The zero-order valence-corrected chi connectivity index (χ0v) is 11.9. The van der Waals surface area contributed by atoms with Crippen molar-refractivity contribution in [3.63, 3.8) is 0 Å². The minimum absolute atomic E-state index is 0.0194. The zero-order valence-electron chi connectivity index (χ0n) is 11.9. The summed E-state index contributed by atoms with van der Waals surface area (Å²) in [5.74, 6) is 2.35. The molecule has 0 aliphatic heterocycles. The second kappa shape index (κ2) is 3.90. The molecule has 0 aromatic carbocycles. The van der Waals surface area contributed by atoms with Gasteiger partial charge in [0.15, 0.2) is 11.6 Å². The first-order valence-corrected chi connectivity index (χ1v) is 6.08. The molecule has 0 atom stereocenters. The lowest BCUT2D eigenvalue weighted by Crippen LogP contribution is -2.34. The number of nitrogens with one attached hydrogen (secondary N) is 2. The van der Waals surface area contributed by atoms with Crippen molar-refractivity contribution in [2.24, 2.45) is 0 Å². The monoisotopic (exact) mass is 249 g/mol. The first kappa shape index (κ1) is 12.7. The van der Waals surface area contributed by atoms with Crippen LogP contribution in [-0.2, 0) is 10.8 Å². The van der Waals surface area contributed by atoms with Gasteiger partial charge in [-0.1, -0.05) is 46.5 Å². The van der Waals surface area contributed by atoms with Gasteiger partial charge in [-0.15, -0.1) is 9.67 Å². The molecule has 2 heterocycles. The molecule has 98 valence electrons. The van der Waals surface area contributed by atoms with Crippen LogP contribution in [0.5, 0.6) is 0 Å². The minimum Gasteiger partial charge on any atom is -0.228 e. The van der Waals surface area contributed by atoms with Crippen molar-refractivity contribution in [2.75, 3.05) is 0 Å². The predicted molar refractivity (Wildman–Crippen MR) is 67.5 cm³/mol. The number of nitrogens with zero attached hydrogens (tertiary/aromatic N) is 4. The van der Waals surface area contributed by atoms with Crippen LogP contribution in [0.3, 0.4) is 0 Å². The van der Waals surface area contributed by atoms with E-state index in [1.54, 1.807) is 11.0 Å². The molecule has 2 rings (SSSR count). The van der Waals surface area contributed by atoms with E-state index in [1.165, 1.54) is 0 Å². The Bertz CT molecular complexity index is 487. The maximum absolute atomic E-state index is 4.47. The van der Waals surface area contributed by atoms with Gasteiger partial charge in [-0.05, 0) is 5.10 Å². The van der Waals surface area contributed by atoms with Crippen LogP contribution in [0.2, 0.25) is 0 Å². The number of hydrogen-bond acceptors (Lipinski definition) is 3. The Kier molecular flexibility index (Phi) is 2.76. The van der Waals surface area contributed by atoms with Gasteiger partial charge in [0.1, 0.15) is 0 Å². The van der Waals surface area contributed by atoms with Crippen LogP contribution in [-0.4, -0.2) is 25.3 Å². The highest BCUT2D eigenvalue weighted by molar-refractivity contribution is 5.05. The summed E-state index contributed by atoms with van der Waals surface area (Å²) < 4.78 is 1.73. The quantitative estimate of drug-likeness (QED) is 0.750. The molecule has 2 aromatic rings. The van der Waals surface area contributed by atoms with Gasteiger partial charge in [0.2, 0.25) is 6.33 Å². The summed E-state index contributed by atoms with van der Waals surface area (Å²) in [5.41, 5.74) is -0.0624. The van der Waals surface area contributed by atoms with Crippen LogP contribution in [0, 0.1) is 0 Å². The molecule has 0 unspecified atom stereocenters. The summed E-state index contributed by atoms with van der Waals surface area (Å²) in [6.07, 6.45) is 1.70. The van der Waals surface area contributed by atoms with Crippen LogP contribution >= 0.6 is 0 Å². The standard InChI is InChI=1S/C12H20N6/c1-11(2,3)8-13-7-18(17-8)10-14-9(15-16-10)12(4,5)6/h7H,1-6H3,(H,14,15,16)/p+1. The SMILES string of the molecule is CC(C)(C)c1nc(-[n+]2cnc(C(C)(C)C)[nH]2)n[nH]1. The van der Waals surface area contributed by atoms with E-state index in [9.17, 15) is 0 Å². The molecule has 0 spiro atoms. The fourth-order valence-electron chi connectivity index (χ4n) is 1.45. The Labute approximate surface area is 107 Å². The smallest absolute Gasteiger partial charge is 0.228 e. The lowest BCUT2D eigenvalue weighted by molar-refractivity contribution is -0.664. The maximum atomic E-state index is 4.47. The van der Waals surface area contributed by atoms with Crippen molar-refractivity contribution < 1.29 is 4.68 Å². The number of H-pyrrole nitrogens is 2. The Morgan fingerprint density at radius 1 is 1.00 bits per heavy atom. The summed E-state index contributed by atoms with van der Waals surface area (Å²) in [6.45, 7) is 12.6. The zero-order chi connectivity index (χ0) is 13.6. The van der Waals surface area contributed by atoms with E-state index in [1.807, 2.05) is 0 Å². The average molecular weight is 249 g/mol. The van der Waals surface area contributed by atoms with Crippen molar-refractivity contribution in [1.82, 2.24) is 25.3 Å². The summed E-state index contributed by atoms with van der Waals surface area (Å²) in [7, 11) is 0. The van der Waals surface area contributed by atoms with E-state index in [0.717, 1.165) is 11.6 Å². The van der Waals surface area contributed by atoms with Gasteiger partial charge in [0.25, 0.3) is 0 Å². The number of rotatable bonds is 1. The van der Waals surface area contributed by atoms with Gasteiger partial charge < -0.3 is 0 Å². The Balaban J connectivity index is 2.33. The van der Waals surface area contributed by atoms with Crippen molar-refractivity contribution in [2.45, 2.75) is 52.4 Å². The van der Waals surface area contributed by atoms with E-state index < -0.39 is 0 Å². The molecule has 0 saturated heterocycles. The van der Waals surface area contributed by atoms with Crippen molar-refractivity contribution >= 4 is 0 Å². The molecule has 2 aromatic heterocycles. The number of aromatic nitrogens is 6. The molecule has 0 saturated carbocycles. The fraction of sp³-hybridized carbons (Fsp3) is 0.667. The van der Waals surface area contributed by atoms with E-state index in [4.69, 9.17) is 0 Å². The van der Waals surface area contributed by atoms with Crippen LogP contribution in [0.15, 0.2) is 6.33 Å².